The molecule has 2 aromatic rings. The van der Waals surface area contributed by atoms with Gasteiger partial charge in [-0.1, -0.05) is 0 Å². The minimum atomic E-state index is -0.878. The van der Waals surface area contributed by atoms with Crippen LogP contribution in [-0.4, -0.2) is 52.6 Å². The Morgan fingerprint density at radius 3 is 2.66 bits per heavy atom. The highest BCUT2D eigenvalue weighted by molar-refractivity contribution is 5.90. The molecular weight excluding hydrogens is 372 g/mol. The van der Waals surface area contributed by atoms with Gasteiger partial charge < -0.3 is 19.4 Å². The maximum atomic E-state index is 12.1. The first kappa shape index (κ1) is 22.4. The van der Waals surface area contributed by atoms with Crippen molar-refractivity contribution in [1.82, 2.24) is 19.7 Å². The van der Waals surface area contributed by atoms with E-state index in [4.69, 9.17) is 9.47 Å². The zero-order valence-corrected chi connectivity index (χ0v) is 17.9. The summed E-state index contributed by atoms with van der Waals surface area (Å²) in [5.74, 6) is 0.0407. The lowest BCUT2D eigenvalue weighted by Gasteiger charge is -2.15. The summed E-state index contributed by atoms with van der Waals surface area (Å²) in [5.41, 5.74) is 2.91. The summed E-state index contributed by atoms with van der Waals surface area (Å²) in [4.78, 5) is 24.0. The number of carbonyl (C=O) groups is 2. The van der Waals surface area contributed by atoms with Gasteiger partial charge in [-0.2, -0.15) is 5.10 Å². The highest BCUT2D eigenvalue weighted by Crippen LogP contribution is 2.23. The topological polar surface area (TPSA) is 87.4 Å². The predicted octanol–water partition coefficient (Wildman–Crippen LogP) is 2.58. The highest BCUT2D eigenvalue weighted by Gasteiger charge is 2.17. The predicted molar refractivity (Wildman–Crippen MR) is 111 cm³/mol. The van der Waals surface area contributed by atoms with E-state index in [9.17, 15) is 9.59 Å². The second-order valence-electron chi connectivity index (χ2n) is 7.09. The summed E-state index contributed by atoms with van der Waals surface area (Å²) >= 11 is 0. The van der Waals surface area contributed by atoms with Gasteiger partial charge in [-0.3, -0.25) is 4.79 Å². The van der Waals surface area contributed by atoms with Crippen molar-refractivity contribution < 1.29 is 19.1 Å². The molecule has 1 amide bonds. The summed E-state index contributed by atoms with van der Waals surface area (Å²) in [6, 6.07) is 4.19. The Balaban J connectivity index is 2.09. The van der Waals surface area contributed by atoms with Crippen molar-refractivity contribution in [1.29, 1.82) is 0 Å². The molecule has 8 heteroatoms. The molecule has 0 unspecified atom stereocenters. The number of esters is 1. The number of ether oxygens (including phenoxy) is 2. The van der Waals surface area contributed by atoms with Crippen LogP contribution in [0.1, 0.15) is 43.8 Å². The largest absolute Gasteiger partial charge is 0.449 e. The van der Waals surface area contributed by atoms with Gasteiger partial charge in [0, 0.05) is 43.2 Å². The number of aryl methyl sites for hydroxylation is 1. The lowest BCUT2D eigenvalue weighted by molar-refractivity contribution is -0.150. The number of amides is 1. The normalized spacial score (nSPS) is 12.5. The molecule has 0 saturated heterocycles. The Morgan fingerprint density at radius 2 is 2.00 bits per heavy atom. The molecule has 0 radical (unpaired) electrons. The minimum Gasteiger partial charge on any atom is -0.449 e. The van der Waals surface area contributed by atoms with Gasteiger partial charge in [-0.05, 0) is 52.3 Å². The lowest BCUT2D eigenvalue weighted by Crippen LogP contribution is -2.37. The summed E-state index contributed by atoms with van der Waals surface area (Å²) in [6.07, 6.45) is 3.94. The number of aromatic nitrogens is 3. The van der Waals surface area contributed by atoms with E-state index in [1.165, 1.54) is 13.0 Å². The summed E-state index contributed by atoms with van der Waals surface area (Å²) in [5, 5.41) is 7.03. The number of nitrogens with zero attached hydrogens (tertiary/aromatic N) is 3. The van der Waals surface area contributed by atoms with E-state index < -0.39 is 12.1 Å². The summed E-state index contributed by atoms with van der Waals surface area (Å²) in [7, 11) is 1.55. The first-order chi connectivity index (χ1) is 13.8. The summed E-state index contributed by atoms with van der Waals surface area (Å²) in [6.45, 7) is 10.5. The fourth-order valence-corrected chi connectivity index (χ4v) is 3.04. The number of methoxy groups -OCH3 is 1. The Hall–Kier alpha value is -2.87. The first-order valence-electron chi connectivity index (χ1n) is 9.64. The third kappa shape index (κ3) is 5.57. The van der Waals surface area contributed by atoms with Crippen LogP contribution in [0.15, 0.2) is 24.4 Å². The fraction of sp³-hybridized carbons (Fsp3) is 0.476. The molecule has 2 heterocycles. The first-order valence-corrected chi connectivity index (χ1v) is 9.64. The van der Waals surface area contributed by atoms with Crippen molar-refractivity contribution in [3.63, 3.8) is 0 Å². The molecule has 0 saturated carbocycles. The monoisotopic (exact) mass is 402 g/mol. The van der Waals surface area contributed by atoms with Gasteiger partial charge >= 0.3 is 5.97 Å². The fourth-order valence-electron chi connectivity index (χ4n) is 3.04. The van der Waals surface area contributed by atoms with Gasteiger partial charge in [-0.15, -0.1) is 0 Å². The molecule has 1 N–H and O–H groups in total. The maximum Gasteiger partial charge on any atom is 0.331 e. The molecular formula is C21H30N4O4. The van der Waals surface area contributed by atoms with Gasteiger partial charge in [-0.25, -0.2) is 9.48 Å². The van der Waals surface area contributed by atoms with Crippen LogP contribution in [0.4, 0.5) is 0 Å². The van der Waals surface area contributed by atoms with Crippen LogP contribution >= 0.6 is 0 Å². The van der Waals surface area contributed by atoms with E-state index >= 15 is 0 Å². The molecule has 0 spiro atoms. The van der Waals surface area contributed by atoms with Crippen LogP contribution in [0.25, 0.3) is 11.9 Å². The molecule has 1 atom stereocenters. The van der Waals surface area contributed by atoms with E-state index in [0.717, 1.165) is 22.8 Å². The third-order valence-electron chi connectivity index (χ3n) is 4.50. The van der Waals surface area contributed by atoms with E-state index in [0.29, 0.717) is 13.2 Å². The van der Waals surface area contributed by atoms with Crippen molar-refractivity contribution in [2.45, 2.75) is 46.8 Å². The van der Waals surface area contributed by atoms with Crippen LogP contribution < -0.4 is 5.32 Å². The van der Waals surface area contributed by atoms with Gasteiger partial charge in [0.25, 0.3) is 5.91 Å². The molecule has 29 heavy (non-hydrogen) atoms. The van der Waals surface area contributed by atoms with Crippen LogP contribution in [0, 0.1) is 13.8 Å². The standard InChI is InChI=1S/C21H30N4O4/c1-14(2)25-19(9-10-23-25)24-15(3)13-18(16(24)4)7-8-20(26)29-17(5)21(27)22-11-12-28-6/h7-10,13-14,17H,11-12H2,1-6H3,(H,22,27)/b8-7+/t17-/m1/s1. The Bertz CT molecular complexity index is 879. The number of rotatable bonds is 9. The van der Waals surface area contributed by atoms with Crippen molar-refractivity contribution in [3.05, 3.63) is 41.4 Å². The van der Waals surface area contributed by atoms with Crippen molar-refractivity contribution in [3.8, 4) is 5.82 Å². The van der Waals surface area contributed by atoms with Crippen LogP contribution in [0.3, 0.4) is 0 Å². The molecule has 0 aliphatic rings. The number of carbonyl (C=O) groups excluding carboxylic acids is 2. The van der Waals surface area contributed by atoms with Gasteiger partial charge in [0.15, 0.2) is 6.10 Å². The Morgan fingerprint density at radius 1 is 1.28 bits per heavy atom. The van der Waals surface area contributed by atoms with Crippen molar-refractivity contribution in [2.75, 3.05) is 20.3 Å². The van der Waals surface area contributed by atoms with Crippen LogP contribution in [0.2, 0.25) is 0 Å². The SMILES string of the molecule is COCCNC(=O)[C@@H](C)OC(=O)/C=C/c1cc(C)n(-c2ccnn2C(C)C)c1C. The lowest BCUT2D eigenvalue weighted by atomic mass is 10.2. The van der Waals surface area contributed by atoms with Crippen molar-refractivity contribution >= 4 is 18.0 Å². The average molecular weight is 402 g/mol. The van der Waals surface area contributed by atoms with Crippen LogP contribution in [0.5, 0.6) is 0 Å². The molecule has 2 aromatic heterocycles. The van der Waals surface area contributed by atoms with E-state index in [2.05, 4.69) is 28.8 Å². The molecule has 0 fully saturated rings. The van der Waals surface area contributed by atoms with Gasteiger partial charge in [0.05, 0.1) is 12.8 Å². The average Bonchev–Trinajstić information content (AvgIpc) is 3.24. The van der Waals surface area contributed by atoms with Gasteiger partial charge in [0.1, 0.15) is 5.82 Å². The van der Waals surface area contributed by atoms with Crippen molar-refractivity contribution in [2.24, 2.45) is 0 Å². The molecule has 8 nitrogen and oxygen atoms in total. The Labute approximate surface area is 171 Å². The smallest absolute Gasteiger partial charge is 0.331 e. The number of hydrogen-bond donors (Lipinski definition) is 1. The Kier molecular flexibility index (Phi) is 7.78. The molecule has 0 aromatic carbocycles. The van der Waals surface area contributed by atoms with E-state index in [1.54, 1.807) is 19.4 Å². The second kappa shape index (κ2) is 10.1. The molecule has 158 valence electrons. The van der Waals surface area contributed by atoms with E-state index in [-0.39, 0.29) is 11.9 Å². The minimum absolute atomic E-state index is 0.228. The van der Waals surface area contributed by atoms with Gasteiger partial charge in [0.2, 0.25) is 0 Å². The molecule has 0 aliphatic carbocycles. The zero-order chi connectivity index (χ0) is 21.6. The number of nitrogens with one attached hydrogen (secondary N) is 1. The highest BCUT2D eigenvalue weighted by atomic mass is 16.5. The molecule has 2 rings (SSSR count). The summed E-state index contributed by atoms with van der Waals surface area (Å²) < 4.78 is 14.1. The van der Waals surface area contributed by atoms with E-state index in [1.807, 2.05) is 30.7 Å². The maximum absolute atomic E-state index is 12.1. The second-order valence-corrected chi connectivity index (χ2v) is 7.09. The molecule has 0 aliphatic heterocycles. The molecule has 0 bridgehead atoms. The number of hydrogen-bond acceptors (Lipinski definition) is 5. The zero-order valence-electron chi connectivity index (χ0n) is 17.9. The van der Waals surface area contributed by atoms with Crippen LogP contribution in [-0.2, 0) is 19.1 Å². The quantitative estimate of drug-likeness (QED) is 0.396. The third-order valence-corrected chi connectivity index (χ3v) is 4.50.